The standard InChI is InChI=1S/C10H13N5O4/c11-10-13-8-7(9(18)14-10)15(3-12-8)6-1-4(17)5(2-16)19-6/h3-6,16-17H,1-2H2,(H3,11,13,14,18)/t4-,5-,6-/m1/s1. The molecule has 1 fully saturated rings. The molecule has 2 aromatic rings. The zero-order valence-electron chi connectivity index (χ0n) is 9.85. The van der Waals surface area contributed by atoms with Crippen molar-refractivity contribution in [3.8, 4) is 0 Å². The van der Waals surface area contributed by atoms with Crippen LogP contribution in [-0.4, -0.2) is 48.5 Å². The van der Waals surface area contributed by atoms with Gasteiger partial charge < -0.3 is 20.7 Å². The predicted octanol–water partition coefficient (Wildman–Crippen LogP) is -1.66. The van der Waals surface area contributed by atoms with Gasteiger partial charge >= 0.3 is 0 Å². The lowest BCUT2D eigenvalue weighted by Crippen LogP contribution is -2.24. The molecule has 19 heavy (non-hydrogen) atoms. The number of nitrogens with one attached hydrogen (secondary N) is 1. The minimum Gasteiger partial charge on any atom is -0.394 e. The molecule has 1 aliphatic heterocycles. The van der Waals surface area contributed by atoms with Crippen LogP contribution in [0.3, 0.4) is 0 Å². The number of aliphatic hydroxyl groups is 2. The van der Waals surface area contributed by atoms with Crippen molar-refractivity contribution in [3.63, 3.8) is 0 Å². The van der Waals surface area contributed by atoms with E-state index in [1.807, 2.05) is 0 Å². The van der Waals surface area contributed by atoms with Crippen LogP contribution < -0.4 is 11.3 Å². The Morgan fingerprint density at radius 3 is 3.11 bits per heavy atom. The normalized spacial score (nSPS) is 27.2. The van der Waals surface area contributed by atoms with E-state index in [0.717, 1.165) is 0 Å². The summed E-state index contributed by atoms with van der Waals surface area (Å²) in [7, 11) is 0. The van der Waals surface area contributed by atoms with Crippen LogP contribution in [0, 0.1) is 0 Å². The number of aliphatic hydroxyl groups excluding tert-OH is 2. The Kier molecular flexibility index (Phi) is 2.73. The number of nitrogen functional groups attached to an aromatic ring is 1. The molecule has 9 nitrogen and oxygen atoms in total. The largest absolute Gasteiger partial charge is 0.394 e. The molecule has 0 amide bonds. The van der Waals surface area contributed by atoms with E-state index in [1.165, 1.54) is 10.9 Å². The van der Waals surface area contributed by atoms with Crippen molar-refractivity contribution in [2.45, 2.75) is 24.9 Å². The summed E-state index contributed by atoms with van der Waals surface area (Å²) in [6.07, 6.45) is -0.343. The Hall–Kier alpha value is -1.97. The Morgan fingerprint density at radius 2 is 2.42 bits per heavy atom. The number of ether oxygens (including phenoxy) is 1. The van der Waals surface area contributed by atoms with Crippen LogP contribution in [0.2, 0.25) is 0 Å². The first kappa shape index (κ1) is 12.1. The van der Waals surface area contributed by atoms with E-state index < -0.39 is 24.0 Å². The van der Waals surface area contributed by atoms with Crippen molar-refractivity contribution in [3.05, 3.63) is 16.7 Å². The van der Waals surface area contributed by atoms with E-state index in [1.54, 1.807) is 0 Å². The first-order chi connectivity index (χ1) is 9.10. The molecule has 1 saturated heterocycles. The van der Waals surface area contributed by atoms with Gasteiger partial charge in [-0.3, -0.25) is 14.3 Å². The Bertz CT molecular complexity index is 665. The van der Waals surface area contributed by atoms with Crippen molar-refractivity contribution in [1.29, 1.82) is 0 Å². The van der Waals surface area contributed by atoms with E-state index >= 15 is 0 Å². The monoisotopic (exact) mass is 267 g/mol. The van der Waals surface area contributed by atoms with Gasteiger partial charge in [0.15, 0.2) is 11.2 Å². The summed E-state index contributed by atoms with van der Waals surface area (Å²) >= 11 is 0. The smallest absolute Gasteiger partial charge is 0.278 e. The number of anilines is 1. The molecule has 0 spiro atoms. The summed E-state index contributed by atoms with van der Waals surface area (Å²) in [6.45, 7) is -0.286. The summed E-state index contributed by atoms with van der Waals surface area (Å²) in [5.74, 6) is -0.0108. The fourth-order valence-electron chi connectivity index (χ4n) is 2.24. The SMILES string of the molecule is Nc1nc2ncn([C@H]3C[C@@H](O)[C@@H](CO)O3)c2c(=O)[nH]1. The molecule has 0 saturated carbocycles. The average molecular weight is 267 g/mol. The van der Waals surface area contributed by atoms with E-state index in [9.17, 15) is 9.90 Å². The molecule has 3 rings (SSSR count). The van der Waals surface area contributed by atoms with Gasteiger partial charge in [-0.05, 0) is 0 Å². The topological polar surface area (TPSA) is 139 Å². The first-order valence-electron chi connectivity index (χ1n) is 5.77. The Labute approximate surface area is 106 Å². The van der Waals surface area contributed by atoms with Gasteiger partial charge in [-0.25, -0.2) is 4.98 Å². The van der Waals surface area contributed by atoms with E-state index in [2.05, 4.69) is 15.0 Å². The van der Waals surface area contributed by atoms with Crippen LogP contribution in [0.4, 0.5) is 5.95 Å². The van der Waals surface area contributed by atoms with Crippen molar-refractivity contribution >= 4 is 17.1 Å². The van der Waals surface area contributed by atoms with Gasteiger partial charge in [-0.15, -0.1) is 0 Å². The number of H-pyrrole nitrogens is 1. The molecule has 5 N–H and O–H groups in total. The maximum Gasteiger partial charge on any atom is 0.278 e. The van der Waals surface area contributed by atoms with Crippen LogP contribution in [0.25, 0.3) is 11.2 Å². The summed E-state index contributed by atoms with van der Waals surface area (Å²) in [6, 6.07) is 0. The van der Waals surface area contributed by atoms with Gasteiger partial charge in [-0.1, -0.05) is 0 Å². The molecule has 0 aliphatic carbocycles. The molecule has 9 heteroatoms. The molecule has 3 atom stereocenters. The van der Waals surface area contributed by atoms with Crippen LogP contribution in [0.5, 0.6) is 0 Å². The van der Waals surface area contributed by atoms with Gasteiger partial charge in [0.2, 0.25) is 5.95 Å². The highest BCUT2D eigenvalue weighted by molar-refractivity contribution is 5.70. The molecule has 1 aliphatic rings. The second-order valence-corrected chi connectivity index (χ2v) is 4.39. The number of rotatable bonds is 2. The number of aromatic amines is 1. The second kappa shape index (κ2) is 4.30. The zero-order chi connectivity index (χ0) is 13.6. The minimum atomic E-state index is -0.784. The summed E-state index contributed by atoms with van der Waals surface area (Å²) in [5, 5.41) is 18.8. The molecule has 2 aromatic heterocycles. The van der Waals surface area contributed by atoms with Crippen LogP contribution in [0.15, 0.2) is 11.1 Å². The van der Waals surface area contributed by atoms with Crippen molar-refractivity contribution in [2.24, 2.45) is 0 Å². The van der Waals surface area contributed by atoms with Gasteiger partial charge in [0.1, 0.15) is 12.3 Å². The van der Waals surface area contributed by atoms with Crippen molar-refractivity contribution in [2.75, 3.05) is 12.3 Å². The van der Waals surface area contributed by atoms with Gasteiger partial charge in [0, 0.05) is 6.42 Å². The minimum absolute atomic E-state index is 0.0108. The maximum absolute atomic E-state index is 11.9. The van der Waals surface area contributed by atoms with Crippen molar-refractivity contribution in [1.82, 2.24) is 19.5 Å². The third-order valence-corrected chi connectivity index (χ3v) is 3.15. The van der Waals surface area contributed by atoms with E-state index in [0.29, 0.717) is 0 Å². The third kappa shape index (κ3) is 1.87. The fourth-order valence-corrected chi connectivity index (χ4v) is 2.24. The number of fused-ring (bicyclic) bond motifs is 1. The van der Waals surface area contributed by atoms with Crippen LogP contribution in [-0.2, 0) is 4.74 Å². The van der Waals surface area contributed by atoms with E-state index in [-0.39, 0.29) is 30.1 Å². The molecule has 3 heterocycles. The fraction of sp³-hybridized carbons (Fsp3) is 0.500. The number of hydrogen-bond acceptors (Lipinski definition) is 7. The van der Waals surface area contributed by atoms with Crippen LogP contribution in [0.1, 0.15) is 12.6 Å². The molecular formula is C10H13N5O4. The average Bonchev–Trinajstić information content (AvgIpc) is 2.92. The molecule has 0 radical (unpaired) electrons. The molecule has 102 valence electrons. The lowest BCUT2D eigenvalue weighted by molar-refractivity contribution is -0.0431. The molecule has 0 aromatic carbocycles. The number of hydrogen-bond donors (Lipinski definition) is 4. The highest BCUT2D eigenvalue weighted by atomic mass is 16.5. The molecular weight excluding hydrogens is 254 g/mol. The summed E-state index contributed by atoms with van der Waals surface area (Å²) < 4.78 is 6.96. The van der Waals surface area contributed by atoms with Crippen molar-refractivity contribution < 1.29 is 14.9 Å². The highest BCUT2D eigenvalue weighted by Gasteiger charge is 2.35. The zero-order valence-corrected chi connectivity index (χ0v) is 9.85. The Balaban J connectivity index is 2.05. The lowest BCUT2D eigenvalue weighted by atomic mass is 10.2. The molecule has 0 bridgehead atoms. The third-order valence-electron chi connectivity index (χ3n) is 3.15. The Morgan fingerprint density at radius 1 is 1.63 bits per heavy atom. The maximum atomic E-state index is 11.9. The summed E-state index contributed by atoms with van der Waals surface area (Å²) in [5.41, 5.74) is 5.45. The number of nitrogens with two attached hydrogens (primary N) is 1. The van der Waals surface area contributed by atoms with Gasteiger partial charge in [0.25, 0.3) is 5.56 Å². The first-order valence-corrected chi connectivity index (χ1v) is 5.77. The quantitative estimate of drug-likeness (QED) is 0.510. The predicted molar refractivity (Wildman–Crippen MR) is 64.2 cm³/mol. The second-order valence-electron chi connectivity index (χ2n) is 4.39. The summed E-state index contributed by atoms with van der Waals surface area (Å²) in [4.78, 5) is 22.1. The molecule has 0 unspecified atom stereocenters. The number of nitrogens with zero attached hydrogens (tertiary/aromatic N) is 3. The van der Waals surface area contributed by atoms with Crippen LogP contribution >= 0.6 is 0 Å². The van der Waals surface area contributed by atoms with Gasteiger partial charge in [-0.2, -0.15) is 4.98 Å². The van der Waals surface area contributed by atoms with Gasteiger partial charge in [0.05, 0.1) is 19.0 Å². The highest BCUT2D eigenvalue weighted by Crippen LogP contribution is 2.29. The van der Waals surface area contributed by atoms with E-state index in [4.69, 9.17) is 15.6 Å². The number of imidazole rings is 1. The number of aromatic nitrogens is 4. The lowest BCUT2D eigenvalue weighted by Gasteiger charge is -2.13.